The van der Waals surface area contributed by atoms with Crippen LogP contribution in [0.2, 0.25) is 0 Å². The van der Waals surface area contributed by atoms with E-state index in [1.54, 1.807) is 17.8 Å². The molecule has 7 heteroatoms. The summed E-state index contributed by atoms with van der Waals surface area (Å²) in [6, 6.07) is 4.18. The van der Waals surface area contributed by atoms with Crippen molar-refractivity contribution in [2.24, 2.45) is 0 Å². The maximum atomic E-state index is 13.8. The number of benzene rings is 1. The fourth-order valence-electron chi connectivity index (χ4n) is 1.73. The molecule has 1 aromatic rings. The second-order valence-electron chi connectivity index (χ2n) is 4.78. The Hall–Kier alpha value is -0.630. The molecule has 1 unspecified atom stereocenters. The van der Waals surface area contributed by atoms with Crippen LogP contribution < -0.4 is 10.0 Å². The first-order chi connectivity index (χ1) is 9.90. The molecule has 0 saturated heterocycles. The van der Waals surface area contributed by atoms with Gasteiger partial charge in [-0.05, 0) is 36.9 Å². The summed E-state index contributed by atoms with van der Waals surface area (Å²) in [5, 5.41) is 3.45. The fourth-order valence-corrected chi connectivity index (χ4v) is 3.25. The lowest BCUT2D eigenvalue weighted by molar-refractivity contribution is 0.554. The van der Waals surface area contributed by atoms with Crippen LogP contribution in [0.25, 0.3) is 0 Å². The van der Waals surface area contributed by atoms with Crippen molar-refractivity contribution in [1.29, 1.82) is 0 Å². The van der Waals surface area contributed by atoms with Crippen molar-refractivity contribution in [1.82, 2.24) is 10.0 Å². The van der Waals surface area contributed by atoms with Gasteiger partial charge < -0.3 is 5.32 Å². The Kier molecular flexibility index (Phi) is 7.65. The third-order valence-electron chi connectivity index (χ3n) is 3.11. The molecule has 120 valence electrons. The fraction of sp³-hybridized carbons (Fsp3) is 0.571. The molecule has 0 fully saturated rings. The van der Waals surface area contributed by atoms with E-state index in [0.29, 0.717) is 24.8 Å². The van der Waals surface area contributed by atoms with Crippen molar-refractivity contribution < 1.29 is 12.8 Å². The highest BCUT2D eigenvalue weighted by Crippen LogP contribution is 2.17. The second-order valence-corrected chi connectivity index (χ2v) is 7.79. The van der Waals surface area contributed by atoms with Crippen molar-refractivity contribution >= 4 is 21.8 Å². The van der Waals surface area contributed by atoms with Crippen LogP contribution in [-0.4, -0.2) is 33.0 Å². The minimum absolute atomic E-state index is 0.283. The minimum Gasteiger partial charge on any atom is -0.313 e. The highest BCUT2D eigenvalue weighted by molar-refractivity contribution is 7.99. The van der Waals surface area contributed by atoms with Crippen LogP contribution in [0.3, 0.4) is 0 Å². The van der Waals surface area contributed by atoms with Crippen molar-refractivity contribution in [2.45, 2.75) is 37.0 Å². The molecule has 0 amide bonds. The van der Waals surface area contributed by atoms with Crippen LogP contribution in [0.5, 0.6) is 0 Å². The molecule has 4 nitrogen and oxygen atoms in total. The van der Waals surface area contributed by atoms with E-state index in [-0.39, 0.29) is 4.90 Å². The van der Waals surface area contributed by atoms with Gasteiger partial charge in [0.05, 0.1) is 0 Å². The van der Waals surface area contributed by atoms with Crippen molar-refractivity contribution in [3.05, 3.63) is 29.6 Å². The molecule has 1 aromatic carbocycles. The molecular weight excluding hydrogens is 311 g/mol. The number of nitrogens with one attached hydrogen (secondary N) is 2. The second kappa shape index (κ2) is 8.73. The van der Waals surface area contributed by atoms with Crippen molar-refractivity contribution in [3.8, 4) is 0 Å². The van der Waals surface area contributed by atoms with E-state index >= 15 is 0 Å². The lowest BCUT2D eigenvalue weighted by Gasteiger charge is -2.11. The highest BCUT2D eigenvalue weighted by Gasteiger charge is 2.19. The van der Waals surface area contributed by atoms with Gasteiger partial charge in [0, 0.05) is 18.3 Å². The summed E-state index contributed by atoms with van der Waals surface area (Å²) in [4.78, 5) is -0.283. The smallest absolute Gasteiger partial charge is 0.243 e. The van der Waals surface area contributed by atoms with E-state index in [4.69, 9.17) is 0 Å². The predicted octanol–water partition coefficient (Wildman–Crippen LogP) is 2.36. The third kappa shape index (κ3) is 5.94. The first-order valence-electron chi connectivity index (χ1n) is 6.92. The van der Waals surface area contributed by atoms with E-state index in [1.807, 2.05) is 20.1 Å². The van der Waals surface area contributed by atoms with Gasteiger partial charge in [0.1, 0.15) is 10.7 Å². The Labute approximate surface area is 131 Å². The molecule has 2 N–H and O–H groups in total. The molecule has 1 rings (SSSR count). The van der Waals surface area contributed by atoms with Gasteiger partial charge in [-0.25, -0.2) is 17.5 Å². The predicted molar refractivity (Wildman–Crippen MR) is 86.6 cm³/mol. The zero-order valence-corrected chi connectivity index (χ0v) is 14.3. The number of sulfonamides is 1. The molecule has 0 aliphatic carbocycles. The number of halogens is 1. The quantitative estimate of drug-likeness (QED) is 0.728. The van der Waals surface area contributed by atoms with Crippen LogP contribution >= 0.6 is 11.8 Å². The number of hydrogen-bond acceptors (Lipinski definition) is 4. The molecule has 0 saturated carbocycles. The normalized spacial score (nSPS) is 13.3. The molecule has 1 atom stereocenters. The third-order valence-corrected chi connectivity index (χ3v) is 5.63. The summed E-state index contributed by atoms with van der Waals surface area (Å²) in [7, 11) is -3.80. The Balaban J connectivity index is 2.81. The summed E-state index contributed by atoms with van der Waals surface area (Å²) in [5.74, 6) is -0.722. The maximum Gasteiger partial charge on any atom is 0.243 e. The van der Waals surface area contributed by atoms with Crippen molar-refractivity contribution in [3.63, 3.8) is 0 Å². The number of hydrogen-bond donors (Lipinski definition) is 2. The summed E-state index contributed by atoms with van der Waals surface area (Å²) in [6.07, 6.45) is 2.68. The van der Waals surface area contributed by atoms with Gasteiger partial charge in [0.25, 0.3) is 0 Å². The molecule has 0 heterocycles. The van der Waals surface area contributed by atoms with E-state index < -0.39 is 15.8 Å². The maximum absolute atomic E-state index is 13.8. The lowest BCUT2D eigenvalue weighted by Crippen LogP contribution is -2.27. The van der Waals surface area contributed by atoms with Crippen LogP contribution in [0.1, 0.15) is 25.8 Å². The Morgan fingerprint density at radius 1 is 1.38 bits per heavy atom. The van der Waals surface area contributed by atoms with Gasteiger partial charge in [-0.15, -0.1) is 0 Å². The van der Waals surface area contributed by atoms with E-state index in [1.165, 1.54) is 12.1 Å². The van der Waals surface area contributed by atoms with E-state index in [0.717, 1.165) is 12.1 Å². The van der Waals surface area contributed by atoms with Crippen LogP contribution in [0, 0.1) is 5.82 Å². The van der Waals surface area contributed by atoms with Gasteiger partial charge in [-0.1, -0.05) is 19.9 Å². The molecule has 0 aliphatic heterocycles. The van der Waals surface area contributed by atoms with Crippen molar-refractivity contribution in [2.75, 3.05) is 19.3 Å². The molecule has 0 aromatic heterocycles. The number of rotatable bonds is 9. The first kappa shape index (κ1) is 18.4. The van der Waals surface area contributed by atoms with Crippen LogP contribution in [0.15, 0.2) is 23.1 Å². The summed E-state index contributed by atoms with van der Waals surface area (Å²) in [5.41, 5.74) is 0.746. The average Bonchev–Trinajstić information content (AvgIpc) is 2.45. The van der Waals surface area contributed by atoms with Gasteiger partial charge >= 0.3 is 0 Å². The Morgan fingerprint density at radius 3 is 2.71 bits per heavy atom. The standard InChI is InChI=1S/C14H23FN2O2S2/c1-4-16-10-12-5-6-13(15)14(9-12)21(18,19)17-8-7-11(2)20-3/h5-6,9,11,16-17H,4,7-8,10H2,1-3H3. The summed E-state index contributed by atoms with van der Waals surface area (Å²) >= 11 is 1.67. The molecule has 0 radical (unpaired) electrons. The van der Waals surface area contributed by atoms with E-state index in [9.17, 15) is 12.8 Å². The van der Waals surface area contributed by atoms with Gasteiger partial charge in [0.15, 0.2) is 0 Å². The van der Waals surface area contributed by atoms with Gasteiger partial charge in [0.2, 0.25) is 10.0 Å². The van der Waals surface area contributed by atoms with Gasteiger partial charge in [-0.2, -0.15) is 11.8 Å². The van der Waals surface area contributed by atoms with Gasteiger partial charge in [-0.3, -0.25) is 0 Å². The lowest BCUT2D eigenvalue weighted by atomic mass is 10.2. The molecule has 21 heavy (non-hydrogen) atoms. The van der Waals surface area contributed by atoms with Crippen LogP contribution in [0.4, 0.5) is 4.39 Å². The minimum atomic E-state index is -3.80. The largest absolute Gasteiger partial charge is 0.313 e. The SMILES string of the molecule is CCNCc1ccc(F)c(S(=O)(=O)NCCC(C)SC)c1. The highest BCUT2D eigenvalue weighted by atomic mass is 32.2. The first-order valence-corrected chi connectivity index (χ1v) is 9.69. The average molecular weight is 334 g/mol. The Morgan fingerprint density at radius 2 is 2.10 bits per heavy atom. The Bertz CT molecular complexity index is 550. The molecule has 0 aliphatic rings. The monoisotopic (exact) mass is 334 g/mol. The zero-order valence-electron chi connectivity index (χ0n) is 12.6. The van der Waals surface area contributed by atoms with E-state index in [2.05, 4.69) is 10.0 Å². The zero-order chi connectivity index (χ0) is 15.9. The van der Waals surface area contributed by atoms with Crippen LogP contribution in [-0.2, 0) is 16.6 Å². The molecule has 0 spiro atoms. The summed E-state index contributed by atoms with van der Waals surface area (Å²) < 4.78 is 40.6. The number of thioether (sulfide) groups is 1. The topological polar surface area (TPSA) is 58.2 Å². The molecule has 0 bridgehead atoms. The summed E-state index contributed by atoms with van der Waals surface area (Å²) in [6.45, 7) is 5.57. The molecular formula is C14H23FN2O2S2.